The maximum atomic E-state index is 12.1. The number of amides is 2. The molecule has 0 bridgehead atoms. The van der Waals surface area contributed by atoms with Gasteiger partial charge in [0.05, 0.1) is 14.2 Å². The molecule has 8 heteroatoms. The van der Waals surface area contributed by atoms with Gasteiger partial charge in [0, 0.05) is 45.3 Å². The number of methoxy groups -OCH3 is 2. The second-order valence-corrected chi connectivity index (χ2v) is 8.05. The zero-order valence-electron chi connectivity index (χ0n) is 18.6. The summed E-state index contributed by atoms with van der Waals surface area (Å²) in [5.74, 6) is 1.11. The zero-order chi connectivity index (χ0) is 22.1. The Bertz CT molecular complexity index is 750. The van der Waals surface area contributed by atoms with Crippen LogP contribution in [0.25, 0.3) is 6.08 Å². The van der Waals surface area contributed by atoms with Crippen LogP contribution in [0.2, 0.25) is 0 Å². The van der Waals surface area contributed by atoms with Crippen LogP contribution in [0.3, 0.4) is 0 Å². The van der Waals surface area contributed by atoms with Gasteiger partial charge in [-0.25, -0.2) is 4.79 Å². The average Bonchev–Trinajstić information content (AvgIpc) is 2.71. The predicted octanol–water partition coefficient (Wildman–Crippen LogP) is 2.39. The van der Waals surface area contributed by atoms with Crippen LogP contribution >= 0.6 is 0 Å². The van der Waals surface area contributed by atoms with Crippen LogP contribution in [-0.2, 0) is 9.53 Å². The minimum atomic E-state index is -0.483. The fourth-order valence-corrected chi connectivity index (χ4v) is 3.01. The summed E-state index contributed by atoms with van der Waals surface area (Å²) in [6.07, 6.45) is 2.97. The molecule has 0 unspecified atom stereocenters. The van der Waals surface area contributed by atoms with Crippen molar-refractivity contribution in [1.29, 1.82) is 0 Å². The SMILES string of the molecule is COc1ccc(/C=C/C(=O)NCCN2CCN(C(=O)OC(C)(C)C)CC2)cc1OC. The Morgan fingerprint density at radius 3 is 2.33 bits per heavy atom. The third-order valence-corrected chi connectivity index (χ3v) is 4.59. The van der Waals surface area contributed by atoms with Crippen LogP contribution in [0.15, 0.2) is 24.3 Å². The van der Waals surface area contributed by atoms with Crippen LogP contribution in [0.4, 0.5) is 4.79 Å². The van der Waals surface area contributed by atoms with Crippen LogP contribution in [-0.4, -0.2) is 80.9 Å². The molecule has 0 radical (unpaired) electrons. The summed E-state index contributed by atoms with van der Waals surface area (Å²) in [5, 5.41) is 2.89. The highest BCUT2D eigenvalue weighted by Crippen LogP contribution is 2.27. The number of carbonyl (C=O) groups is 2. The van der Waals surface area contributed by atoms with Crippen molar-refractivity contribution in [3.63, 3.8) is 0 Å². The molecular formula is C22H33N3O5. The standard InChI is InChI=1S/C22H33N3O5/c1-22(2,3)30-21(27)25-14-12-24(13-15-25)11-10-23-20(26)9-7-17-6-8-18(28-4)19(16-17)29-5/h6-9,16H,10-15H2,1-5H3,(H,23,26)/b9-7+. The fraction of sp³-hybridized carbons (Fsp3) is 0.545. The van der Waals surface area contributed by atoms with E-state index < -0.39 is 5.60 Å². The first kappa shape index (κ1) is 23.5. The molecule has 0 spiro atoms. The number of nitrogens with one attached hydrogen (secondary N) is 1. The Kier molecular flexibility index (Phi) is 8.53. The summed E-state index contributed by atoms with van der Waals surface area (Å²) in [5.41, 5.74) is 0.365. The highest BCUT2D eigenvalue weighted by molar-refractivity contribution is 5.91. The molecule has 1 aromatic rings. The topological polar surface area (TPSA) is 80.3 Å². The molecule has 0 atom stereocenters. The van der Waals surface area contributed by atoms with Gasteiger partial charge < -0.3 is 24.4 Å². The van der Waals surface area contributed by atoms with E-state index in [4.69, 9.17) is 14.2 Å². The Morgan fingerprint density at radius 2 is 1.73 bits per heavy atom. The maximum Gasteiger partial charge on any atom is 0.410 e. The summed E-state index contributed by atoms with van der Waals surface area (Å²) in [6, 6.07) is 5.47. The lowest BCUT2D eigenvalue weighted by Gasteiger charge is -2.35. The van der Waals surface area contributed by atoms with E-state index in [0.29, 0.717) is 31.1 Å². The number of rotatable bonds is 7. The number of piperazine rings is 1. The third-order valence-electron chi connectivity index (χ3n) is 4.59. The van der Waals surface area contributed by atoms with E-state index in [1.807, 2.05) is 32.9 Å². The van der Waals surface area contributed by atoms with Crippen molar-refractivity contribution in [2.45, 2.75) is 26.4 Å². The molecule has 0 saturated carbocycles. The molecule has 2 amide bonds. The van der Waals surface area contributed by atoms with Crippen LogP contribution in [0.5, 0.6) is 11.5 Å². The molecule has 30 heavy (non-hydrogen) atoms. The van der Waals surface area contributed by atoms with Crippen molar-refractivity contribution in [3.8, 4) is 11.5 Å². The number of nitrogens with zero attached hydrogens (tertiary/aromatic N) is 2. The van der Waals surface area contributed by atoms with Gasteiger partial charge in [0.15, 0.2) is 11.5 Å². The van der Waals surface area contributed by atoms with Gasteiger partial charge in [0.25, 0.3) is 0 Å². The molecular weight excluding hydrogens is 386 g/mol. The number of hydrogen-bond donors (Lipinski definition) is 1. The quantitative estimate of drug-likeness (QED) is 0.684. The Morgan fingerprint density at radius 1 is 1.07 bits per heavy atom. The van der Waals surface area contributed by atoms with Crippen LogP contribution < -0.4 is 14.8 Å². The lowest BCUT2D eigenvalue weighted by molar-refractivity contribution is -0.116. The van der Waals surface area contributed by atoms with E-state index >= 15 is 0 Å². The van der Waals surface area contributed by atoms with Gasteiger partial charge in [0.1, 0.15) is 5.60 Å². The van der Waals surface area contributed by atoms with Gasteiger partial charge in [-0.2, -0.15) is 0 Å². The van der Waals surface area contributed by atoms with Crippen LogP contribution in [0.1, 0.15) is 26.3 Å². The van der Waals surface area contributed by atoms with E-state index in [2.05, 4.69) is 10.2 Å². The van der Waals surface area contributed by atoms with Crippen molar-refractivity contribution >= 4 is 18.1 Å². The molecule has 1 fully saturated rings. The van der Waals surface area contributed by atoms with Crippen LogP contribution in [0, 0.1) is 0 Å². The summed E-state index contributed by atoms with van der Waals surface area (Å²) >= 11 is 0. The molecule has 1 aliphatic rings. The summed E-state index contributed by atoms with van der Waals surface area (Å²) in [6.45, 7) is 9.65. The zero-order valence-corrected chi connectivity index (χ0v) is 18.6. The lowest BCUT2D eigenvalue weighted by Crippen LogP contribution is -2.51. The second kappa shape index (κ2) is 10.9. The summed E-state index contributed by atoms with van der Waals surface area (Å²) < 4.78 is 15.9. The van der Waals surface area contributed by atoms with Gasteiger partial charge in [-0.15, -0.1) is 0 Å². The number of ether oxygens (including phenoxy) is 3. The highest BCUT2D eigenvalue weighted by atomic mass is 16.6. The minimum Gasteiger partial charge on any atom is -0.493 e. The molecule has 1 aromatic carbocycles. The molecule has 0 aliphatic carbocycles. The smallest absolute Gasteiger partial charge is 0.410 e. The van der Waals surface area contributed by atoms with Crippen molar-refractivity contribution in [1.82, 2.24) is 15.1 Å². The molecule has 1 heterocycles. The summed E-state index contributed by atoms with van der Waals surface area (Å²) in [7, 11) is 3.16. The molecule has 166 valence electrons. The third kappa shape index (κ3) is 7.59. The lowest BCUT2D eigenvalue weighted by atomic mass is 10.2. The first-order chi connectivity index (χ1) is 14.2. The number of benzene rings is 1. The Labute approximate surface area is 178 Å². The molecule has 8 nitrogen and oxygen atoms in total. The first-order valence-electron chi connectivity index (χ1n) is 10.1. The molecule has 1 saturated heterocycles. The van der Waals surface area contributed by atoms with E-state index in [1.165, 1.54) is 6.08 Å². The highest BCUT2D eigenvalue weighted by Gasteiger charge is 2.25. The molecule has 0 aromatic heterocycles. The van der Waals surface area contributed by atoms with Gasteiger partial charge in [-0.1, -0.05) is 6.07 Å². The van der Waals surface area contributed by atoms with Crippen molar-refractivity contribution in [3.05, 3.63) is 29.8 Å². The van der Waals surface area contributed by atoms with E-state index in [-0.39, 0.29) is 12.0 Å². The monoisotopic (exact) mass is 419 g/mol. The first-order valence-corrected chi connectivity index (χ1v) is 10.1. The van der Waals surface area contributed by atoms with Crippen molar-refractivity contribution in [2.24, 2.45) is 0 Å². The molecule has 1 aliphatic heterocycles. The minimum absolute atomic E-state index is 0.155. The fourth-order valence-electron chi connectivity index (χ4n) is 3.01. The Balaban J connectivity index is 1.70. The van der Waals surface area contributed by atoms with Gasteiger partial charge in [-0.3, -0.25) is 9.69 Å². The predicted molar refractivity (Wildman–Crippen MR) is 116 cm³/mol. The maximum absolute atomic E-state index is 12.1. The average molecular weight is 420 g/mol. The molecule has 2 rings (SSSR count). The van der Waals surface area contributed by atoms with E-state index in [1.54, 1.807) is 31.3 Å². The van der Waals surface area contributed by atoms with Crippen molar-refractivity contribution in [2.75, 3.05) is 53.5 Å². The summed E-state index contributed by atoms with van der Waals surface area (Å²) in [4.78, 5) is 28.1. The van der Waals surface area contributed by atoms with Gasteiger partial charge >= 0.3 is 6.09 Å². The normalized spacial score (nSPS) is 15.2. The Hall–Kier alpha value is -2.74. The van der Waals surface area contributed by atoms with Gasteiger partial charge in [-0.05, 0) is 44.5 Å². The van der Waals surface area contributed by atoms with E-state index in [0.717, 1.165) is 25.2 Å². The van der Waals surface area contributed by atoms with E-state index in [9.17, 15) is 9.59 Å². The number of hydrogen-bond acceptors (Lipinski definition) is 6. The van der Waals surface area contributed by atoms with Gasteiger partial charge in [0.2, 0.25) is 5.91 Å². The largest absolute Gasteiger partial charge is 0.493 e. The van der Waals surface area contributed by atoms with Crippen molar-refractivity contribution < 1.29 is 23.8 Å². The molecule has 1 N–H and O–H groups in total. The second-order valence-electron chi connectivity index (χ2n) is 8.05. The number of carbonyl (C=O) groups excluding carboxylic acids is 2.